The Labute approximate surface area is 98.3 Å². The summed E-state index contributed by atoms with van der Waals surface area (Å²) >= 11 is 1.48. The van der Waals surface area contributed by atoms with Crippen molar-refractivity contribution in [2.45, 2.75) is 4.90 Å². The maximum atomic E-state index is 11.1. The van der Waals surface area contributed by atoms with E-state index in [1.54, 1.807) is 7.05 Å². The first kappa shape index (κ1) is 11.1. The fourth-order valence-corrected chi connectivity index (χ4v) is 2.13. The summed E-state index contributed by atoms with van der Waals surface area (Å²) < 4.78 is 10.9. The summed E-state index contributed by atoms with van der Waals surface area (Å²) in [7, 11) is 1.63. The van der Waals surface area contributed by atoms with Crippen LogP contribution in [0.1, 0.15) is 0 Å². The molecule has 0 aliphatic carbocycles. The van der Waals surface area contributed by atoms with E-state index in [4.69, 9.17) is 9.47 Å². The minimum Gasteiger partial charge on any atom is -0.486 e. The second-order valence-corrected chi connectivity index (χ2v) is 4.32. The van der Waals surface area contributed by atoms with Crippen molar-refractivity contribution in [2.24, 2.45) is 0 Å². The van der Waals surface area contributed by atoms with Crippen molar-refractivity contribution in [1.82, 2.24) is 5.32 Å². The summed E-state index contributed by atoms with van der Waals surface area (Å²) in [6, 6.07) is 5.71. The van der Waals surface area contributed by atoms with E-state index in [0.717, 1.165) is 16.4 Å². The molecule has 86 valence electrons. The molecule has 1 aromatic rings. The largest absolute Gasteiger partial charge is 0.486 e. The van der Waals surface area contributed by atoms with Gasteiger partial charge in [0.15, 0.2) is 11.5 Å². The Morgan fingerprint density at radius 1 is 1.38 bits per heavy atom. The highest BCUT2D eigenvalue weighted by Crippen LogP contribution is 2.33. The van der Waals surface area contributed by atoms with Crippen LogP contribution in [0.2, 0.25) is 0 Å². The van der Waals surface area contributed by atoms with E-state index in [1.165, 1.54) is 11.8 Å². The van der Waals surface area contributed by atoms with Crippen LogP contribution in [-0.4, -0.2) is 31.9 Å². The smallest absolute Gasteiger partial charge is 0.230 e. The first-order chi connectivity index (χ1) is 7.79. The molecule has 1 aromatic carbocycles. The molecular formula is C11H13NO3S. The number of rotatable bonds is 3. The summed E-state index contributed by atoms with van der Waals surface area (Å²) in [4.78, 5) is 12.1. The van der Waals surface area contributed by atoms with Crippen molar-refractivity contribution in [3.8, 4) is 11.5 Å². The highest BCUT2D eigenvalue weighted by molar-refractivity contribution is 8.00. The topological polar surface area (TPSA) is 47.6 Å². The van der Waals surface area contributed by atoms with Crippen molar-refractivity contribution in [1.29, 1.82) is 0 Å². The predicted molar refractivity (Wildman–Crippen MR) is 62.2 cm³/mol. The molecule has 0 fully saturated rings. The number of amides is 1. The van der Waals surface area contributed by atoms with E-state index >= 15 is 0 Å². The molecule has 1 heterocycles. The van der Waals surface area contributed by atoms with E-state index in [2.05, 4.69) is 5.32 Å². The van der Waals surface area contributed by atoms with Crippen LogP contribution in [0.4, 0.5) is 0 Å². The fourth-order valence-electron chi connectivity index (χ4n) is 1.33. The van der Waals surface area contributed by atoms with Crippen molar-refractivity contribution < 1.29 is 14.3 Å². The van der Waals surface area contributed by atoms with E-state index in [-0.39, 0.29) is 5.91 Å². The van der Waals surface area contributed by atoms with Gasteiger partial charge in [0.05, 0.1) is 5.75 Å². The van der Waals surface area contributed by atoms with Gasteiger partial charge in [0.2, 0.25) is 5.91 Å². The minimum absolute atomic E-state index is 0.0138. The van der Waals surface area contributed by atoms with Gasteiger partial charge in [-0.05, 0) is 18.2 Å². The zero-order chi connectivity index (χ0) is 11.4. The standard InChI is InChI=1S/C11H13NO3S/c1-12-11(13)7-16-8-2-3-9-10(6-8)15-5-4-14-9/h2-3,6H,4-5,7H2,1H3,(H,12,13). The summed E-state index contributed by atoms with van der Waals surface area (Å²) in [6.45, 7) is 1.17. The van der Waals surface area contributed by atoms with Crippen LogP contribution in [0.5, 0.6) is 11.5 Å². The van der Waals surface area contributed by atoms with Gasteiger partial charge in [-0.3, -0.25) is 4.79 Å². The maximum Gasteiger partial charge on any atom is 0.230 e. The molecular weight excluding hydrogens is 226 g/mol. The molecule has 0 aromatic heterocycles. The first-order valence-corrected chi connectivity index (χ1v) is 6.01. The highest BCUT2D eigenvalue weighted by atomic mass is 32.2. The fraction of sp³-hybridized carbons (Fsp3) is 0.364. The van der Waals surface area contributed by atoms with E-state index < -0.39 is 0 Å². The number of carbonyl (C=O) groups excluding carboxylic acids is 1. The molecule has 5 heteroatoms. The molecule has 4 nitrogen and oxygen atoms in total. The van der Waals surface area contributed by atoms with Gasteiger partial charge in [0.1, 0.15) is 13.2 Å². The lowest BCUT2D eigenvalue weighted by molar-refractivity contribution is -0.118. The second-order valence-electron chi connectivity index (χ2n) is 3.27. The Balaban J connectivity index is 2.03. The third-order valence-electron chi connectivity index (χ3n) is 2.16. The van der Waals surface area contributed by atoms with E-state index in [1.807, 2.05) is 18.2 Å². The van der Waals surface area contributed by atoms with Crippen molar-refractivity contribution in [3.63, 3.8) is 0 Å². The third kappa shape index (κ3) is 2.61. The molecule has 0 bridgehead atoms. The molecule has 1 aliphatic rings. The maximum absolute atomic E-state index is 11.1. The zero-order valence-corrected chi connectivity index (χ0v) is 9.80. The van der Waals surface area contributed by atoms with Crippen LogP contribution in [0.25, 0.3) is 0 Å². The first-order valence-electron chi connectivity index (χ1n) is 5.02. The van der Waals surface area contributed by atoms with Gasteiger partial charge in [-0.25, -0.2) is 0 Å². The number of ether oxygens (including phenoxy) is 2. The van der Waals surface area contributed by atoms with Gasteiger partial charge < -0.3 is 14.8 Å². The molecule has 0 unspecified atom stereocenters. The number of carbonyl (C=O) groups is 1. The summed E-state index contributed by atoms with van der Waals surface area (Å²) in [5.74, 6) is 1.96. The van der Waals surface area contributed by atoms with Crippen LogP contribution < -0.4 is 14.8 Å². The Morgan fingerprint density at radius 3 is 2.88 bits per heavy atom. The van der Waals surface area contributed by atoms with Crippen molar-refractivity contribution >= 4 is 17.7 Å². The van der Waals surface area contributed by atoms with Crippen LogP contribution in [0.15, 0.2) is 23.1 Å². The molecule has 0 atom stereocenters. The molecule has 0 saturated heterocycles. The molecule has 1 N–H and O–H groups in total. The number of hydrogen-bond acceptors (Lipinski definition) is 4. The highest BCUT2D eigenvalue weighted by Gasteiger charge is 2.12. The lowest BCUT2D eigenvalue weighted by atomic mass is 10.3. The summed E-state index contributed by atoms with van der Waals surface area (Å²) in [6.07, 6.45) is 0. The minimum atomic E-state index is 0.0138. The molecule has 0 spiro atoms. The van der Waals surface area contributed by atoms with Gasteiger partial charge in [-0.15, -0.1) is 11.8 Å². The van der Waals surface area contributed by atoms with Crippen LogP contribution in [-0.2, 0) is 4.79 Å². The third-order valence-corrected chi connectivity index (χ3v) is 3.16. The second kappa shape index (κ2) is 5.12. The van der Waals surface area contributed by atoms with Gasteiger partial charge in [0.25, 0.3) is 0 Å². The van der Waals surface area contributed by atoms with Gasteiger partial charge in [-0.1, -0.05) is 0 Å². The Morgan fingerprint density at radius 2 is 2.12 bits per heavy atom. The predicted octanol–water partition coefficient (Wildman–Crippen LogP) is 1.30. The van der Waals surface area contributed by atoms with Crippen LogP contribution in [0.3, 0.4) is 0 Å². The van der Waals surface area contributed by atoms with Gasteiger partial charge >= 0.3 is 0 Å². The van der Waals surface area contributed by atoms with Crippen molar-refractivity contribution in [2.75, 3.05) is 26.0 Å². The Kier molecular flexibility index (Phi) is 3.56. The Hall–Kier alpha value is -1.36. The van der Waals surface area contributed by atoms with Crippen LogP contribution in [0, 0.1) is 0 Å². The SMILES string of the molecule is CNC(=O)CSc1ccc2c(c1)OCCO2. The summed E-state index contributed by atoms with van der Waals surface area (Å²) in [5.41, 5.74) is 0. The molecule has 1 aliphatic heterocycles. The molecule has 1 amide bonds. The lowest BCUT2D eigenvalue weighted by Crippen LogP contribution is -2.19. The summed E-state index contributed by atoms with van der Waals surface area (Å²) in [5, 5.41) is 2.58. The monoisotopic (exact) mass is 239 g/mol. The number of benzene rings is 1. The van der Waals surface area contributed by atoms with Crippen LogP contribution >= 0.6 is 11.8 Å². The zero-order valence-electron chi connectivity index (χ0n) is 8.99. The molecule has 2 rings (SSSR count). The van der Waals surface area contributed by atoms with E-state index in [9.17, 15) is 4.79 Å². The molecule has 16 heavy (non-hydrogen) atoms. The Bertz CT molecular complexity index is 395. The van der Waals surface area contributed by atoms with E-state index in [0.29, 0.717) is 19.0 Å². The van der Waals surface area contributed by atoms with Gasteiger partial charge in [0, 0.05) is 11.9 Å². The quantitative estimate of drug-likeness (QED) is 0.808. The average Bonchev–Trinajstić information content (AvgIpc) is 2.35. The van der Waals surface area contributed by atoms with Gasteiger partial charge in [-0.2, -0.15) is 0 Å². The average molecular weight is 239 g/mol. The molecule has 0 radical (unpaired) electrons. The number of nitrogens with one attached hydrogen (secondary N) is 1. The van der Waals surface area contributed by atoms with Crippen molar-refractivity contribution in [3.05, 3.63) is 18.2 Å². The number of fused-ring (bicyclic) bond motifs is 1. The molecule has 0 saturated carbocycles. The lowest BCUT2D eigenvalue weighted by Gasteiger charge is -2.18. The number of thioether (sulfide) groups is 1. The normalized spacial score (nSPS) is 13.3. The number of hydrogen-bond donors (Lipinski definition) is 1.